The molecule has 0 amide bonds. The highest BCUT2D eigenvalue weighted by Gasteiger charge is 2.44. The first-order valence-electron chi connectivity index (χ1n) is 6.03. The summed E-state index contributed by atoms with van der Waals surface area (Å²) in [6.07, 6.45) is 2.10. The SMILES string of the molecule is N#Cc1ccc(CSCC2(CC(=O)O)CC2)c(F)c1. The summed E-state index contributed by atoms with van der Waals surface area (Å²) in [5.74, 6) is 0.134. The Morgan fingerprint density at radius 3 is 2.79 bits per heavy atom. The molecule has 0 heterocycles. The van der Waals surface area contributed by atoms with Crippen molar-refractivity contribution in [1.29, 1.82) is 5.26 Å². The van der Waals surface area contributed by atoms with Crippen LogP contribution in [0.3, 0.4) is 0 Å². The first-order chi connectivity index (χ1) is 9.04. The number of carboxylic acids is 1. The average Bonchev–Trinajstić information content (AvgIpc) is 3.10. The molecule has 0 atom stereocenters. The summed E-state index contributed by atoms with van der Waals surface area (Å²) in [6.45, 7) is 0. The summed E-state index contributed by atoms with van der Waals surface area (Å²) in [5.41, 5.74) is 0.811. The van der Waals surface area contributed by atoms with Crippen molar-refractivity contribution >= 4 is 17.7 Å². The predicted octanol–water partition coefficient (Wildman–Crippen LogP) is 3.19. The highest BCUT2D eigenvalue weighted by Crippen LogP contribution is 2.51. The van der Waals surface area contributed by atoms with E-state index < -0.39 is 5.97 Å². The summed E-state index contributed by atoms with van der Waals surface area (Å²) in [5, 5.41) is 17.5. The number of aliphatic carboxylic acids is 1. The van der Waals surface area contributed by atoms with Crippen LogP contribution in [0.5, 0.6) is 0 Å². The maximum Gasteiger partial charge on any atom is 0.303 e. The van der Waals surface area contributed by atoms with Crippen molar-refractivity contribution in [3.8, 4) is 6.07 Å². The third-order valence-electron chi connectivity index (χ3n) is 3.33. The fourth-order valence-electron chi connectivity index (χ4n) is 1.98. The van der Waals surface area contributed by atoms with Crippen LogP contribution in [0.1, 0.15) is 30.4 Å². The Bertz CT molecular complexity index is 535. The van der Waals surface area contributed by atoms with Crippen molar-refractivity contribution in [2.45, 2.75) is 25.0 Å². The Labute approximate surface area is 115 Å². The van der Waals surface area contributed by atoms with Gasteiger partial charge in [0.25, 0.3) is 0 Å². The summed E-state index contributed by atoms with van der Waals surface area (Å²) in [6, 6.07) is 6.35. The second-order valence-electron chi connectivity index (χ2n) is 4.98. The molecule has 1 N–H and O–H groups in total. The number of thioether (sulfide) groups is 1. The van der Waals surface area contributed by atoms with Crippen LogP contribution < -0.4 is 0 Å². The van der Waals surface area contributed by atoms with Gasteiger partial charge in [-0.3, -0.25) is 4.79 Å². The topological polar surface area (TPSA) is 61.1 Å². The van der Waals surface area contributed by atoms with Gasteiger partial charge in [0.2, 0.25) is 0 Å². The number of nitriles is 1. The molecule has 1 aliphatic carbocycles. The molecule has 100 valence electrons. The standard InChI is InChI=1S/C14H14FNO2S/c15-12-5-10(7-16)1-2-11(12)8-19-9-14(3-4-14)6-13(17)18/h1-2,5H,3-4,6,8-9H2,(H,17,18). The molecule has 19 heavy (non-hydrogen) atoms. The van der Waals surface area contributed by atoms with Gasteiger partial charge < -0.3 is 5.11 Å². The van der Waals surface area contributed by atoms with Crippen LogP contribution in [0.15, 0.2) is 18.2 Å². The van der Waals surface area contributed by atoms with Crippen molar-refractivity contribution < 1.29 is 14.3 Å². The molecule has 0 unspecified atom stereocenters. The largest absolute Gasteiger partial charge is 0.481 e. The molecule has 0 spiro atoms. The molecule has 5 heteroatoms. The number of benzene rings is 1. The number of nitrogens with zero attached hydrogens (tertiary/aromatic N) is 1. The monoisotopic (exact) mass is 279 g/mol. The zero-order valence-corrected chi connectivity index (χ0v) is 11.2. The Hall–Kier alpha value is -1.54. The smallest absolute Gasteiger partial charge is 0.303 e. The second-order valence-corrected chi connectivity index (χ2v) is 5.97. The van der Waals surface area contributed by atoms with Crippen molar-refractivity contribution in [1.82, 2.24) is 0 Å². The molecule has 1 aromatic carbocycles. The van der Waals surface area contributed by atoms with Crippen LogP contribution in [-0.2, 0) is 10.5 Å². The summed E-state index contributed by atoms with van der Waals surface area (Å²) in [4.78, 5) is 10.7. The first-order valence-corrected chi connectivity index (χ1v) is 7.18. The molecular weight excluding hydrogens is 265 g/mol. The third-order valence-corrected chi connectivity index (χ3v) is 4.66. The van der Waals surface area contributed by atoms with Crippen molar-refractivity contribution in [2.24, 2.45) is 5.41 Å². The highest BCUT2D eigenvalue weighted by molar-refractivity contribution is 7.98. The maximum atomic E-state index is 13.6. The summed E-state index contributed by atoms with van der Waals surface area (Å²) < 4.78 is 13.6. The molecule has 1 saturated carbocycles. The van der Waals surface area contributed by atoms with E-state index in [1.165, 1.54) is 6.07 Å². The molecule has 1 fully saturated rings. The second kappa shape index (κ2) is 5.62. The van der Waals surface area contributed by atoms with E-state index in [9.17, 15) is 9.18 Å². The molecule has 1 aliphatic rings. The quantitative estimate of drug-likeness (QED) is 0.868. The minimum atomic E-state index is -0.761. The van der Waals surface area contributed by atoms with E-state index in [2.05, 4.69) is 0 Å². The van der Waals surface area contributed by atoms with E-state index in [-0.39, 0.29) is 17.7 Å². The lowest BCUT2D eigenvalue weighted by atomic mass is 10.1. The van der Waals surface area contributed by atoms with Gasteiger partial charge in [0.1, 0.15) is 5.82 Å². The van der Waals surface area contributed by atoms with Gasteiger partial charge in [0.15, 0.2) is 0 Å². The van der Waals surface area contributed by atoms with Gasteiger partial charge in [-0.05, 0) is 41.7 Å². The summed E-state index contributed by atoms with van der Waals surface area (Å²) in [7, 11) is 0. The molecule has 0 radical (unpaired) electrons. The summed E-state index contributed by atoms with van der Waals surface area (Å²) >= 11 is 1.56. The van der Waals surface area contributed by atoms with Crippen LogP contribution in [0, 0.1) is 22.6 Å². The zero-order valence-electron chi connectivity index (χ0n) is 10.4. The lowest BCUT2D eigenvalue weighted by Gasteiger charge is -2.11. The Kier molecular flexibility index (Phi) is 4.11. The van der Waals surface area contributed by atoms with E-state index in [4.69, 9.17) is 10.4 Å². The zero-order chi connectivity index (χ0) is 13.9. The minimum Gasteiger partial charge on any atom is -0.481 e. The van der Waals surface area contributed by atoms with E-state index in [0.717, 1.165) is 18.6 Å². The van der Waals surface area contributed by atoms with Gasteiger partial charge in [0, 0.05) is 5.75 Å². The third kappa shape index (κ3) is 3.71. The number of carboxylic acid groups (broad SMARTS) is 1. The van der Waals surface area contributed by atoms with Gasteiger partial charge in [-0.2, -0.15) is 17.0 Å². The number of hydrogen-bond donors (Lipinski definition) is 1. The van der Waals surface area contributed by atoms with E-state index >= 15 is 0 Å². The fraction of sp³-hybridized carbons (Fsp3) is 0.429. The molecule has 0 aromatic heterocycles. The van der Waals surface area contributed by atoms with E-state index in [0.29, 0.717) is 16.9 Å². The van der Waals surface area contributed by atoms with Crippen molar-refractivity contribution in [3.05, 3.63) is 35.1 Å². The average molecular weight is 279 g/mol. The molecule has 0 aliphatic heterocycles. The van der Waals surface area contributed by atoms with Crippen molar-refractivity contribution in [3.63, 3.8) is 0 Å². The van der Waals surface area contributed by atoms with Gasteiger partial charge in [-0.1, -0.05) is 6.07 Å². The number of hydrogen-bond acceptors (Lipinski definition) is 3. The maximum absolute atomic E-state index is 13.6. The lowest BCUT2D eigenvalue weighted by Crippen LogP contribution is -2.11. The Balaban J connectivity index is 1.86. The first kappa shape index (κ1) is 13.9. The Morgan fingerprint density at radius 1 is 1.53 bits per heavy atom. The number of halogens is 1. The highest BCUT2D eigenvalue weighted by atomic mass is 32.2. The number of carbonyl (C=O) groups is 1. The van der Waals surface area contributed by atoms with Crippen LogP contribution in [0.4, 0.5) is 4.39 Å². The molecule has 3 nitrogen and oxygen atoms in total. The minimum absolute atomic E-state index is 0.0699. The molecule has 0 bridgehead atoms. The van der Waals surface area contributed by atoms with E-state index in [1.807, 2.05) is 6.07 Å². The van der Waals surface area contributed by atoms with Crippen LogP contribution in [0.25, 0.3) is 0 Å². The molecule has 0 saturated heterocycles. The van der Waals surface area contributed by atoms with Crippen LogP contribution in [0.2, 0.25) is 0 Å². The lowest BCUT2D eigenvalue weighted by molar-refractivity contribution is -0.138. The van der Waals surface area contributed by atoms with Crippen LogP contribution in [-0.4, -0.2) is 16.8 Å². The number of rotatable bonds is 6. The van der Waals surface area contributed by atoms with Gasteiger partial charge in [-0.25, -0.2) is 4.39 Å². The van der Waals surface area contributed by atoms with Crippen LogP contribution >= 0.6 is 11.8 Å². The molecular formula is C14H14FNO2S. The molecule has 1 aromatic rings. The molecule has 2 rings (SSSR count). The predicted molar refractivity (Wildman–Crippen MR) is 71.2 cm³/mol. The van der Waals surface area contributed by atoms with Crippen molar-refractivity contribution in [2.75, 3.05) is 5.75 Å². The van der Waals surface area contributed by atoms with Gasteiger partial charge in [0.05, 0.1) is 18.1 Å². The van der Waals surface area contributed by atoms with E-state index in [1.54, 1.807) is 23.9 Å². The van der Waals surface area contributed by atoms with Gasteiger partial charge >= 0.3 is 5.97 Å². The fourth-order valence-corrected chi connectivity index (χ4v) is 3.36. The Morgan fingerprint density at radius 2 is 2.26 bits per heavy atom. The normalized spacial score (nSPS) is 15.8. The van der Waals surface area contributed by atoms with Gasteiger partial charge in [-0.15, -0.1) is 0 Å².